The number of ketones is 1. The molecule has 118 valence electrons. The maximum atomic E-state index is 12.8. The Morgan fingerprint density at radius 1 is 1.39 bits per heavy atom. The van der Waals surface area contributed by atoms with Crippen molar-refractivity contribution in [1.82, 2.24) is 4.98 Å². The minimum Gasteiger partial charge on any atom is -0.469 e. The zero-order valence-corrected chi connectivity index (χ0v) is 13.3. The molecule has 0 saturated heterocycles. The highest BCUT2D eigenvalue weighted by molar-refractivity contribution is 7.16. The fraction of sp³-hybridized carbons (Fsp3) is 0.250. The van der Waals surface area contributed by atoms with Gasteiger partial charge in [-0.25, -0.2) is 4.98 Å². The number of ether oxygens (including phenoxy) is 1. The lowest BCUT2D eigenvalue weighted by atomic mass is 9.90. The number of carbonyl (C=O) groups is 2. The van der Waals surface area contributed by atoms with E-state index in [1.54, 1.807) is 23.7 Å². The van der Waals surface area contributed by atoms with E-state index in [4.69, 9.17) is 5.73 Å². The highest BCUT2D eigenvalue weighted by Gasteiger charge is 2.36. The topological polar surface area (TPSA) is 94.6 Å². The van der Waals surface area contributed by atoms with E-state index in [0.717, 1.165) is 10.2 Å². The number of nitrogens with two attached hydrogens (primary N) is 1. The van der Waals surface area contributed by atoms with Crippen molar-refractivity contribution in [3.63, 3.8) is 0 Å². The van der Waals surface area contributed by atoms with E-state index in [1.807, 2.05) is 6.07 Å². The molecule has 2 N–H and O–H groups in total. The minimum atomic E-state index is -1.19. The normalized spacial score (nSPS) is 19.8. The van der Waals surface area contributed by atoms with Gasteiger partial charge in [-0.2, -0.15) is 0 Å². The van der Waals surface area contributed by atoms with Gasteiger partial charge in [-0.15, -0.1) is 11.3 Å². The Morgan fingerprint density at radius 2 is 2.22 bits per heavy atom. The second kappa shape index (κ2) is 6.02. The van der Waals surface area contributed by atoms with E-state index in [-0.39, 0.29) is 24.6 Å². The minimum absolute atomic E-state index is 0.100. The molecular weight excluding hydrogens is 314 g/mol. The molecule has 0 amide bonds. The Balaban J connectivity index is 1.84. The summed E-state index contributed by atoms with van der Waals surface area (Å²) in [6.45, 7) is 0. The largest absolute Gasteiger partial charge is 0.469 e. The number of aliphatic imine (C=N–C) groups is 1. The second-order valence-corrected chi connectivity index (χ2v) is 6.11. The van der Waals surface area contributed by atoms with Crippen LogP contribution in [-0.4, -0.2) is 35.7 Å². The lowest BCUT2D eigenvalue weighted by Gasteiger charge is -2.23. The fourth-order valence-electron chi connectivity index (χ4n) is 2.48. The van der Waals surface area contributed by atoms with Crippen LogP contribution in [0.4, 0.5) is 0 Å². The molecule has 0 saturated carbocycles. The average molecular weight is 329 g/mol. The molecule has 0 spiro atoms. The van der Waals surface area contributed by atoms with Gasteiger partial charge in [0.2, 0.25) is 0 Å². The summed E-state index contributed by atoms with van der Waals surface area (Å²) in [5, 5.41) is 0. The van der Waals surface area contributed by atoms with Crippen molar-refractivity contribution < 1.29 is 14.3 Å². The van der Waals surface area contributed by atoms with Gasteiger partial charge < -0.3 is 10.5 Å². The summed E-state index contributed by atoms with van der Waals surface area (Å²) >= 11 is 1.47. The summed E-state index contributed by atoms with van der Waals surface area (Å²) in [7, 11) is 1.32. The highest BCUT2D eigenvalue weighted by Crippen LogP contribution is 2.29. The molecule has 23 heavy (non-hydrogen) atoms. The van der Waals surface area contributed by atoms with Crippen molar-refractivity contribution in [3.05, 3.63) is 40.9 Å². The number of aromatic nitrogens is 1. The van der Waals surface area contributed by atoms with E-state index in [2.05, 4.69) is 14.7 Å². The van der Waals surface area contributed by atoms with Crippen LogP contribution < -0.4 is 5.73 Å². The maximum Gasteiger partial charge on any atom is 0.305 e. The van der Waals surface area contributed by atoms with Crippen LogP contribution in [0.2, 0.25) is 0 Å². The van der Waals surface area contributed by atoms with Gasteiger partial charge in [0.15, 0.2) is 5.78 Å². The summed E-state index contributed by atoms with van der Waals surface area (Å²) in [4.78, 5) is 32.5. The number of nitrogens with zero attached hydrogens (tertiary/aromatic N) is 2. The van der Waals surface area contributed by atoms with Crippen LogP contribution in [0.3, 0.4) is 0 Å². The number of hydrogen-bond acceptors (Lipinski definition) is 7. The number of carbonyl (C=O) groups excluding carboxylic acids is 2. The summed E-state index contributed by atoms with van der Waals surface area (Å²) in [5.41, 5.74) is 8.55. The molecule has 1 aromatic carbocycles. The van der Waals surface area contributed by atoms with Crippen molar-refractivity contribution in [3.8, 4) is 0 Å². The SMILES string of the molecule is COC(=O)CCC1(N)N=CC=C1C(=O)c1ccc2ncsc2c1. The van der Waals surface area contributed by atoms with Crippen molar-refractivity contribution in [2.45, 2.75) is 18.5 Å². The van der Waals surface area contributed by atoms with Crippen LogP contribution in [0.25, 0.3) is 10.2 Å². The predicted octanol–water partition coefficient (Wildman–Crippen LogP) is 2.10. The van der Waals surface area contributed by atoms with Crippen molar-refractivity contribution in [2.24, 2.45) is 10.7 Å². The van der Waals surface area contributed by atoms with E-state index in [1.165, 1.54) is 24.7 Å². The van der Waals surface area contributed by atoms with Crippen LogP contribution in [-0.2, 0) is 9.53 Å². The Bertz CT molecular complexity index is 840. The molecular formula is C16H15N3O3S. The van der Waals surface area contributed by atoms with Gasteiger partial charge in [-0.05, 0) is 24.3 Å². The molecule has 0 fully saturated rings. The number of thiazole rings is 1. The molecule has 0 bridgehead atoms. The van der Waals surface area contributed by atoms with Crippen molar-refractivity contribution >= 4 is 39.5 Å². The number of allylic oxidation sites excluding steroid dienone is 1. The number of benzene rings is 1. The van der Waals surface area contributed by atoms with Crippen molar-refractivity contribution in [1.29, 1.82) is 0 Å². The molecule has 0 aliphatic carbocycles. The lowest BCUT2D eigenvalue weighted by Crippen LogP contribution is -2.41. The first kappa shape index (κ1) is 15.5. The quantitative estimate of drug-likeness (QED) is 0.669. The van der Waals surface area contributed by atoms with E-state index < -0.39 is 5.66 Å². The number of fused-ring (bicyclic) bond motifs is 1. The van der Waals surface area contributed by atoms with Crippen LogP contribution >= 0.6 is 11.3 Å². The molecule has 1 unspecified atom stereocenters. The van der Waals surface area contributed by atoms with Gasteiger partial charge in [0.05, 0.1) is 22.8 Å². The highest BCUT2D eigenvalue weighted by atomic mass is 32.1. The number of esters is 1. The molecule has 0 radical (unpaired) electrons. The third-order valence-electron chi connectivity index (χ3n) is 3.79. The predicted molar refractivity (Wildman–Crippen MR) is 88.7 cm³/mol. The lowest BCUT2D eigenvalue weighted by molar-refractivity contribution is -0.140. The Kier molecular flexibility index (Phi) is 4.06. The molecule has 2 aromatic rings. The second-order valence-electron chi connectivity index (χ2n) is 5.22. The maximum absolute atomic E-state index is 12.8. The summed E-state index contributed by atoms with van der Waals surface area (Å²) in [6.07, 6.45) is 3.44. The standard InChI is InChI=1S/C16H15N3O3S/c1-22-14(20)4-6-16(17)11(5-7-19-16)15(21)10-2-3-12-13(8-10)23-9-18-12/h2-3,5,7-9H,4,6,17H2,1H3. The van der Waals surface area contributed by atoms with Gasteiger partial charge in [0, 0.05) is 30.2 Å². The Hall–Kier alpha value is -2.38. The van der Waals surface area contributed by atoms with Gasteiger partial charge in [-0.1, -0.05) is 0 Å². The zero-order chi connectivity index (χ0) is 16.4. The number of hydrogen-bond donors (Lipinski definition) is 1. The molecule has 2 heterocycles. The molecule has 6 nitrogen and oxygen atoms in total. The van der Waals surface area contributed by atoms with Crippen LogP contribution in [0.1, 0.15) is 23.2 Å². The van der Waals surface area contributed by atoms with Gasteiger partial charge in [0.1, 0.15) is 5.66 Å². The number of Topliss-reactive ketones (excluding diaryl/α,β-unsaturated/α-hetero) is 1. The van der Waals surface area contributed by atoms with Gasteiger partial charge >= 0.3 is 5.97 Å². The first-order valence-corrected chi connectivity index (χ1v) is 7.91. The molecule has 1 aliphatic rings. The molecule has 1 aromatic heterocycles. The summed E-state index contributed by atoms with van der Waals surface area (Å²) in [5.74, 6) is -0.569. The third-order valence-corrected chi connectivity index (χ3v) is 4.58. The molecule has 1 atom stereocenters. The van der Waals surface area contributed by atoms with Crippen LogP contribution in [0, 0.1) is 0 Å². The van der Waals surface area contributed by atoms with Gasteiger partial charge in [0.25, 0.3) is 0 Å². The fourth-order valence-corrected chi connectivity index (χ4v) is 3.19. The van der Waals surface area contributed by atoms with Crippen molar-refractivity contribution in [2.75, 3.05) is 7.11 Å². The van der Waals surface area contributed by atoms with Gasteiger partial charge in [-0.3, -0.25) is 14.6 Å². The smallest absolute Gasteiger partial charge is 0.305 e. The van der Waals surface area contributed by atoms with Crippen LogP contribution in [0.15, 0.2) is 40.4 Å². The number of rotatable bonds is 5. The Labute approximate surface area is 136 Å². The first-order chi connectivity index (χ1) is 11.0. The average Bonchev–Trinajstić information content (AvgIpc) is 3.18. The van der Waals surface area contributed by atoms with Crippen LogP contribution in [0.5, 0.6) is 0 Å². The van der Waals surface area contributed by atoms with E-state index in [0.29, 0.717) is 11.1 Å². The van der Waals surface area contributed by atoms with E-state index >= 15 is 0 Å². The van der Waals surface area contributed by atoms with E-state index in [9.17, 15) is 9.59 Å². The number of methoxy groups -OCH3 is 1. The Morgan fingerprint density at radius 3 is 3.00 bits per heavy atom. The zero-order valence-electron chi connectivity index (χ0n) is 12.5. The molecule has 3 rings (SSSR count). The third kappa shape index (κ3) is 2.93. The molecule has 7 heteroatoms. The molecule has 1 aliphatic heterocycles. The summed E-state index contributed by atoms with van der Waals surface area (Å²) < 4.78 is 5.56. The summed E-state index contributed by atoms with van der Waals surface area (Å²) in [6, 6.07) is 5.33. The monoisotopic (exact) mass is 329 g/mol. The first-order valence-electron chi connectivity index (χ1n) is 7.03.